The molecule has 0 saturated heterocycles. The summed E-state index contributed by atoms with van der Waals surface area (Å²) in [5.41, 5.74) is 0.147. The third-order valence-corrected chi connectivity index (χ3v) is 6.53. The minimum atomic E-state index is -3.43. The Balaban J connectivity index is 2.22. The van der Waals surface area contributed by atoms with Crippen LogP contribution in [0.4, 0.5) is 5.13 Å². The average Bonchev–Trinajstić information content (AvgIpc) is 2.86. The van der Waals surface area contributed by atoms with Gasteiger partial charge in [-0.25, -0.2) is 13.4 Å². The van der Waals surface area contributed by atoms with Crippen LogP contribution in [-0.4, -0.2) is 29.7 Å². The first kappa shape index (κ1) is 16.7. The van der Waals surface area contributed by atoms with Crippen LogP contribution in [0.15, 0.2) is 28.6 Å². The molecule has 1 aromatic heterocycles. The number of benzene rings is 1. The predicted molar refractivity (Wildman–Crippen MR) is 85.5 cm³/mol. The van der Waals surface area contributed by atoms with Gasteiger partial charge in [-0.15, -0.1) is 0 Å². The molecular weight excluding hydrogens is 348 g/mol. The molecule has 0 aliphatic carbocycles. The molecule has 22 heavy (non-hydrogen) atoms. The number of nitrogens with zero attached hydrogens (tertiary/aromatic N) is 1. The van der Waals surface area contributed by atoms with Gasteiger partial charge >= 0.3 is 0 Å². The molecule has 0 aliphatic rings. The molecule has 6 nitrogen and oxygen atoms in total. The molecule has 118 valence electrons. The Labute approximate surface area is 136 Å². The normalized spacial score (nSPS) is 11.6. The van der Waals surface area contributed by atoms with Crippen LogP contribution in [0.2, 0.25) is 5.02 Å². The summed E-state index contributed by atoms with van der Waals surface area (Å²) in [6, 6.07) is 3.94. The van der Waals surface area contributed by atoms with Crippen LogP contribution in [0.1, 0.15) is 24.2 Å². The van der Waals surface area contributed by atoms with E-state index in [2.05, 4.69) is 10.3 Å². The number of rotatable bonds is 4. The molecule has 0 aliphatic heterocycles. The van der Waals surface area contributed by atoms with Gasteiger partial charge in [0.05, 0.1) is 11.4 Å². The van der Waals surface area contributed by atoms with E-state index in [0.717, 1.165) is 11.3 Å². The second kappa shape index (κ2) is 6.23. The van der Waals surface area contributed by atoms with Crippen molar-refractivity contribution in [1.82, 2.24) is 4.98 Å². The summed E-state index contributed by atoms with van der Waals surface area (Å²) in [7, 11) is -3.43. The highest BCUT2D eigenvalue weighted by Gasteiger charge is 2.22. The number of aromatic nitrogens is 1. The number of hydrogen-bond acceptors (Lipinski definition) is 6. The second-order valence-corrected chi connectivity index (χ2v) is 8.93. The van der Waals surface area contributed by atoms with Crippen molar-refractivity contribution in [3.63, 3.8) is 0 Å². The van der Waals surface area contributed by atoms with Crippen LogP contribution < -0.4 is 5.32 Å². The van der Waals surface area contributed by atoms with E-state index in [0.29, 0.717) is 0 Å². The standard InChI is InChI=1S/C13H13ClN2O4S2/c1-7(2)22(19,20)11-6-15-13(21-11)16-12(18)8-3-9(14)5-10(17)4-8/h3-7,17H,1-2H3,(H,15,16,18). The van der Waals surface area contributed by atoms with Crippen molar-refractivity contribution in [1.29, 1.82) is 0 Å². The maximum absolute atomic E-state index is 12.0. The van der Waals surface area contributed by atoms with Crippen molar-refractivity contribution in [3.8, 4) is 5.75 Å². The Bertz CT molecular complexity index is 795. The lowest BCUT2D eigenvalue weighted by molar-refractivity contribution is 0.102. The zero-order valence-corrected chi connectivity index (χ0v) is 14.1. The fourth-order valence-corrected chi connectivity index (χ4v) is 4.27. The van der Waals surface area contributed by atoms with Gasteiger partial charge in [-0.1, -0.05) is 22.9 Å². The minimum Gasteiger partial charge on any atom is -0.508 e. The smallest absolute Gasteiger partial charge is 0.257 e. The van der Waals surface area contributed by atoms with Crippen LogP contribution in [-0.2, 0) is 9.84 Å². The molecule has 1 aromatic carbocycles. The highest BCUT2D eigenvalue weighted by Crippen LogP contribution is 2.27. The molecular formula is C13H13ClN2O4S2. The predicted octanol–water partition coefficient (Wildman–Crippen LogP) is 2.94. The lowest BCUT2D eigenvalue weighted by Crippen LogP contribution is -2.12. The molecule has 1 amide bonds. The van der Waals surface area contributed by atoms with E-state index < -0.39 is 21.0 Å². The Morgan fingerprint density at radius 2 is 2.05 bits per heavy atom. The van der Waals surface area contributed by atoms with E-state index in [9.17, 15) is 18.3 Å². The van der Waals surface area contributed by atoms with Gasteiger partial charge in [-0.05, 0) is 32.0 Å². The van der Waals surface area contributed by atoms with E-state index in [1.807, 2.05) is 0 Å². The van der Waals surface area contributed by atoms with Crippen LogP contribution in [0.5, 0.6) is 5.75 Å². The molecule has 9 heteroatoms. The Hall–Kier alpha value is -1.64. The zero-order chi connectivity index (χ0) is 16.5. The summed E-state index contributed by atoms with van der Waals surface area (Å²) in [5, 5.41) is 11.7. The first-order valence-electron chi connectivity index (χ1n) is 6.21. The number of amides is 1. The van der Waals surface area contributed by atoms with E-state index in [1.165, 1.54) is 24.4 Å². The van der Waals surface area contributed by atoms with Crippen LogP contribution in [0, 0.1) is 0 Å². The monoisotopic (exact) mass is 360 g/mol. The van der Waals surface area contributed by atoms with Gasteiger partial charge < -0.3 is 5.11 Å². The van der Waals surface area contributed by atoms with Gasteiger partial charge in [-0.2, -0.15) is 0 Å². The van der Waals surface area contributed by atoms with Gasteiger partial charge in [0.25, 0.3) is 5.91 Å². The topological polar surface area (TPSA) is 96.4 Å². The molecule has 0 unspecified atom stereocenters. The van der Waals surface area contributed by atoms with Crippen molar-refractivity contribution in [2.75, 3.05) is 5.32 Å². The number of anilines is 1. The number of sulfone groups is 1. The van der Waals surface area contributed by atoms with Crippen molar-refractivity contribution < 1.29 is 18.3 Å². The summed E-state index contributed by atoms with van der Waals surface area (Å²) in [6.45, 7) is 3.14. The highest BCUT2D eigenvalue weighted by atomic mass is 35.5. The van der Waals surface area contributed by atoms with Crippen LogP contribution >= 0.6 is 22.9 Å². The number of hydrogen-bond donors (Lipinski definition) is 2. The van der Waals surface area contributed by atoms with Gasteiger partial charge in [0, 0.05) is 10.6 Å². The second-order valence-electron chi connectivity index (χ2n) is 4.73. The number of halogens is 1. The number of phenolic OH excluding ortho intramolecular Hbond substituents is 1. The summed E-state index contributed by atoms with van der Waals surface area (Å²) in [6.07, 6.45) is 1.21. The molecule has 0 spiro atoms. The van der Waals surface area contributed by atoms with E-state index in [4.69, 9.17) is 11.6 Å². The van der Waals surface area contributed by atoms with Crippen LogP contribution in [0.25, 0.3) is 0 Å². The number of carbonyl (C=O) groups excluding carboxylic acids is 1. The molecule has 2 aromatic rings. The lowest BCUT2D eigenvalue weighted by Gasteiger charge is -2.04. The van der Waals surface area contributed by atoms with E-state index >= 15 is 0 Å². The molecule has 0 bridgehead atoms. The van der Waals surface area contributed by atoms with E-state index in [-0.39, 0.29) is 25.7 Å². The van der Waals surface area contributed by atoms with Gasteiger partial charge in [0.2, 0.25) is 0 Å². The number of thiazole rings is 1. The van der Waals surface area contributed by atoms with Crippen molar-refractivity contribution in [2.45, 2.75) is 23.3 Å². The fourth-order valence-electron chi connectivity index (χ4n) is 1.56. The lowest BCUT2D eigenvalue weighted by atomic mass is 10.2. The maximum atomic E-state index is 12.0. The molecule has 0 atom stereocenters. The summed E-state index contributed by atoms with van der Waals surface area (Å²) >= 11 is 6.64. The molecule has 0 radical (unpaired) electrons. The van der Waals surface area contributed by atoms with Gasteiger partial charge in [-0.3, -0.25) is 10.1 Å². The van der Waals surface area contributed by atoms with Gasteiger partial charge in [0.1, 0.15) is 9.96 Å². The fraction of sp³-hybridized carbons (Fsp3) is 0.231. The third kappa shape index (κ3) is 3.57. The summed E-state index contributed by atoms with van der Waals surface area (Å²) < 4.78 is 24.1. The highest BCUT2D eigenvalue weighted by molar-refractivity contribution is 7.94. The Morgan fingerprint density at radius 3 is 2.64 bits per heavy atom. The number of phenols is 1. The summed E-state index contributed by atoms with van der Waals surface area (Å²) in [5.74, 6) is -0.680. The maximum Gasteiger partial charge on any atom is 0.257 e. The average molecular weight is 361 g/mol. The minimum absolute atomic E-state index is 0.0896. The molecule has 0 fully saturated rings. The van der Waals surface area contributed by atoms with Gasteiger partial charge in [0.15, 0.2) is 15.0 Å². The largest absolute Gasteiger partial charge is 0.508 e. The van der Waals surface area contributed by atoms with Crippen molar-refractivity contribution in [3.05, 3.63) is 35.0 Å². The molecule has 0 saturated carbocycles. The van der Waals surface area contributed by atoms with Crippen molar-refractivity contribution in [2.24, 2.45) is 0 Å². The molecule has 2 rings (SSSR count). The van der Waals surface area contributed by atoms with Crippen molar-refractivity contribution >= 4 is 43.8 Å². The Morgan fingerprint density at radius 1 is 1.36 bits per heavy atom. The number of aromatic hydroxyl groups is 1. The number of nitrogens with one attached hydrogen (secondary N) is 1. The number of carbonyl (C=O) groups is 1. The zero-order valence-electron chi connectivity index (χ0n) is 11.7. The first-order valence-corrected chi connectivity index (χ1v) is 8.95. The summed E-state index contributed by atoms with van der Waals surface area (Å²) in [4.78, 5) is 15.9. The first-order chi connectivity index (χ1) is 10.2. The van der Waals surface area contributed by atoms with Crippen LogP contribution in [0.3, 0.4) is 0 Å². The molecule has 2 N–H and O–H groups in total. The Kier molecular flexibility index (Phi) is 4.74. The SMILES string of the molecule is CC(C)S(=O)(=O)c1cnc(NC(=O)c2cc(O)cc(Cl)c2)s1. The molecule has 1 heterocycles. The third-order valence-electron chi connectivity index (χ3n) is 2.75. The van der Waals surface area contributed by atoms with E-state index in [1.54, 1.807) is 13.8 Å². The quantitative estimate of drug-likeness (QED) is 0.873.